The second-order valence-electron chi connectivity index (χ2n) is 5.75. The van der Waals surface area contributed by atoms with Crippen LogP contribution in [0.2, 0.25) is 0 Å². The largest absolute Gasteiger partial charge is 0.282 e. The molecule has 0 amide bonds. The van der Waals surface area contributed by atoms with E-state index >= 15 is 0 Å². The molecule has 0 saturated heterocycles. The van der Waals surface area contributed by atoms with Gasteiger partial charge in [-0.15, -0.1) is 11.3 Å². The standard InChI is InChI=1S/C17H19N3O2S2/c1-11-4-6-14(7-5-11)10-18-24(21,22)16-9-8-15(23-16)17-12(2)13(3)19-20-17/h4-9,18H,10H2,1-3H3,(H,19,20). The molecule has 0 aliphatic heterocycles. The van der Waals surface area contributed by atoms with Gasteiger partial charge < -0.3 is 0 Å². The van der Waals surface area contributed by atoms with Crippen LogP contribution in [0.5, 0.6) is 0 Å². The molecule has 0 fully saturated rings. The Balaban J connectivity index is 1.78. The molecule has 2 heterocycles. The van der Waals surface area contributed by atoms with Crippen LogP contribution in [0, 0.1) is 20.8 Å². The maximum absolute atomic E-state index is 12.5. The first-order chi connectivity index (χ1) is 11.4. The molecule has 0 unspecified atom stereocenters. The maximum Gasteiger partial charge on any atom is 0.250 e. The van der Waals surface area contributed by atoms with Gasteiger partial charge in [0.15, 0.2) is 0 Å². The van der Waals surface area contributed by atoms with Crippen LogP contribution in [0.15, 0.2) is 40.6 Å². The Labute approximate surface area is 145 Å². The van der Waals surface area contributed by atoms with E-state index in [1.165, 1.54) is 11.3 Å². The van der Waals surface area contributed by atoms with E-state index < -0.39 is 10.0 Å². The molecule has 126 valence electrons. The number of nitrogens with one attached hydrogen (secondary N) is 2. The zero-order chi connectivity index (χ0) is 17.3. The summed E-state index contributed by atoms with van der Waals surface area (Å²) in [6, 6.07) is 11.2. The molecular weight excluding hydrogens is 342 g/mol. The van der Waals surface area contributed by atoms with Gasteiger partial charge in [0.1, 0.15) is 9.90 Å². The molecule has 0 saturated carbocycles. The molecule has 3 aromatic rings. The number of nitrogens with zero attached hydrogens (tertiary/aromatic N) is 1. The lowest BCUT2D eigenvalue weighted by Crippen LogP contribution is -2.22. The van der Waals surface area contributed by atoms with Crippen LogP contribution in [0.1, 0.15) is 22.4 Å². The zero-order valence-corrected chi connectivity index (χ0v) is 15.4. The summed E-state index contributed by atoms with van der Waals surface area (Å²) < 4.78 is 27.9. The second kappa shape index (κ2) is 6.51. The molecule has 7 heteroatoms. The molecule has 0 spiro atoms. The van der Waals surface area contributed by atoms with E-state index in [1.54, 1.807) is 12.1 Å². The maximum atomic E-state index is 12.5. The molecule has 0 aliphatic carbocycles. The van der Waals surface area contributed by atoms with E-state index in [0.717, 1.165) is 33.0 Å². The quantitative estimate of drug-likeness (QED) is 0.730. The SMILES string of the molecule is Cc1ccc(CNS(=O)(=O)c2ccc(-c3n[nH]c(C)c3C)s2)cc1. The summed E-state index contributed by atoms with van der Waals surface area (Å²) in [5.41, 5.74) is 4.90. The first-order valence-corrected chi connectivity index (χ1v) is 9.84. The highest BCUT2D eigenvalue weighted by molar-refractivity contribution is 7.91. The Morgan fingerprint density at radius 3 is 2.42 bits per heavy atom. The normalized spacial score (nSPS) is 11.8. The van der Waals surface area contributed by atoms with Crippen LogP contribution in [0.25, 0.3) is 10.6 Å². The topological polar surface area (TPSA) is 74.8 Å². The summed E-state index contributed by atoms with van der Waals surface area (Å²) in [5, 5.41) is 7.18. The van der Waals surface area contributed by atoms with Crippen molar-refractivity contribution in [1.29, 1.82) is 0 Å². The average molecular weight is 361 g/mol. The van der Waals surface area contributed by atoms with Crippen molar-refractivity contribution in [2.24, 2.45) is 0 Å². The summed E-state index contributed by atoms with van der Waals surface area (Å²) in [4.78, 5) is 0.840. The highest BCUT2D eigenvalue weighted by Gasteiger charge is 2.19. The summed E-state index contributed by atoms with van der Waals surface area (Å²) in [7, 11) is -3.53. The number of aryl methyl sites for hydroxylation is 2. The molecule has 1 aromatic carbocycles. The van der Waals surface area contributed by atoms with Crippen molar-refractivity contribution >= 4 is 21.4 Å². The number of H-pyrrole nitrogens is 1. The molecule has 3 rings (SSSR count). The number of aromatic nitrogens is 2. The van der Waals surface area contributed by atoms with Gasteiger partial charge in [-0.3, -0.25) is 5.10 Å². The molecule has 24 heavy (non-hydrogen) atoms. The fourth-order valence-corrected chi connectivity index (χ4v) is 4.69. The lowest BCUT2D eigenvalue weighted by atomic mass is 10.2. The first-order valence-electron chi connectivity index (χ1n) is 7.54. The first kappa shape index (κ1) is 16.9. The minimum atomic E-state index is -3.53. The predicted octanol–water partition coefficient (Wildman–Crippen LogP) is 3.54. The van der Waals surface area contributed by atoms with Crippen LogP contribution < -0.4 is 4.72 Å². The third-order valence-electron chi connectivity index (χ3n) is 3.92. The summed E-state index contributed by atoms with van der Waals surface area (Å²) in [6.45, 7) is 6.19. The molecule has 0 radical (unpaired) electrons. The third kappa shape index (κ3) is 3.43. The van der Waals surface area contributed by atoms with E-state index in [0.29, 0.717) is 4.21 Å². The number of hydrogen-bond acceptors (Lipinski definition) is 4. The van der Waals surface area contributed by atoms with Crippen LogP contribution >= 0.6 is 11.3 Å². The second-order valence-corrected chi connectivity index (χ2v) is 8.83. The van der Waals surface area contributed by atoms with E-state index in [2.05, 4.69) is 14.9 Å². The number of rotatable bonds is 5. The smallest absolute Gasteiger partial charge is 0.250 e. The number of sulfonamides is 1. The molecule has 0 aliphatic rings. The molecule has 0 bridgehead atoms. The number of thiophene rings is 1. The minimum Gasteiger partial charge on any atom is -0.282 e. The summed E-state index contributed by atoms with van der Waals surface area (Å²) in [5.74, 6) is 0. The average Bonchev–Trinajstić information content (AvgIpc) is 3.16. The molecule has 2 N–H and O–H groups in total. The number of aromatic amines is 1. The monoisotopic (exact) mass is 361 g/mol. The fourth-order valence-electron chi connectivity index (χ4n) is 2.27. The molecule has 5 nitrogen and oxygen atoms in total. The van der Waals surface area contributed by atoms with Crippen molar-refractivity contribution in [3.05, 3.63) is 58.8 Å². The van der Waals surface area contributed by atoms with Gasteiger partial charge in [-0.1, -0.05) is 29.8 Å². The Morgan fingerprint density at radius 1 is 1.08 bits per heavy atom. The summed E-state index contributed by atoms with van der Waals surface area (Å²) >= 11 is 1.23. The van der Waals surface area contributed by atoms with Gasteiger partial charge in [-0.05, 0) is 44.0 Å². The van der Waals surface area contributed by atoms with E-state index in [-0.39, 0.29) is 6.54 Å². The van der Waals surface area contributed by atoms with Gasteiger partial charge in [0.2, 0.25) is 10.0 Å². The summed E-state index contributed by atoms with van der Waals surface area (Å²) in [6.07, 6.45) is 0. The van der Waals surface area contributed by atoms with Gasteiger partial charge >= 0.3 is 0 Å². The lowest BCUT2D eigenvalue weighted by Gasteiger charge is -2.05. The Hall–Kier alpha value is -1.96. The Morgan fingerprint density at radius 2 is 1.79 bits per heavy atom. The van der Waals surface area contributed by atoms with Crippen LogP contribution in [-0.2, 0) is 16.6 Å². The van der Waals surface area contributed by atoms with Crippen molar-refractivity contribution in [3.8, 4) is 10.6 Å². The van der Waals surface area contributed by atoms with Gasteiger partial charge in [0.05, 0.1) is 4.88 Å². The zero-order valence-electron chi connectivity index (χ0n) is 13.8. The van der Waals surface area contributed by atoms with Gasteiger partial charge in [-0.25, -0.2) is 13.1 Å². The van der Waals surface area contributed by atoms with Crippen molar-refractivity contribution in [1.82, 2.24) is 14.9 Å². The van der Waals surface area contributed by atoms with Crippen molar-refractivity contribution in [3.63, 3.8) is 0 Å². The van der Waals surface area contributed by atoms with Crippen molar-refractivity contribution < 1.29 is 8.42 Å². The van der Waals surface area contributed by atoms with Crippen LogP contribution in [0.3, 0.4) is 0 Å². The molecule has 0 atom stereocenters. The lowest BCUT2D eigenvalue weighted by molar-refractivity contribution is 0.583. The Kier molecular flexibility index (Phi) is 4.58. The highest BCUT2D eigenvalue weighted by Crippen LogP contribution is 2.32. The van der Waals surface area contributed by atoms with Crippen LogP contribution in [0.4, 0.5) is 0 Å². The third-order valence-corrected chi connectivity index (χ3v) is 6.90. The van der Waals surface area contributed by atoms with E-state index in [4.69, 9.17) is 0 Å². The van der Waals surface area contributed by atoms with Gasteiger partial charge in [0.25, 0.3) is 0 Å². The number of hydrogen-bond donors (Lipinski definition) is 2. The minimum absolute atomic E-state index is 0.274. The van der Waals surface area contributed by atoms with Crippen molar-refractivity contribution in [2.45, 2.75) is 31.5 Å². The van der Waals surface area contributed by atoms with Crippen molar-refractivity contribution in [2.75, 3.05) is 0 Å². The fraction of sp³-hybridized carbons (Fsp3) is 0.235. The van der Waals surface area contributed by atoms with Crippen LogP contribution in [-0.4, -0.2) is 18.6 Å². The van der Waals surface area contributed by atoms with Gasteiger partial charge in [-0.2, -0.15) is 5.10 Å². The number of benzene rings is 1. The molecular formula is C17H19N3O2S2. The van der Waals surface area contributed by atoms with E-state index in [9.17, 15) is 8.42 Å². The predicted molar refractivity (Wildman–Crippen MR) is 96.6 cm³/mol. The highest BCUT2D eigenvalue weighted by atomic mass is 32.2. The van der Waals surface area contributed by atoms with E-state index in [1.807, 2.05) is 45.0 Å². The molecule has 2 aromatic heterocycles. The van der Waals surface area contributed by atoms with Gasteiger partial charge in [0, 0.05) is 12.2 Å². The Bertz CT molecular complexity index is 954.